The van der Waals surface area contributed by atoms with Gasteiger partial charge in [-0.3, -0.25) is 14.9 Å². The molecule has 0 aromatic carbocycles. The number of urea groups is 1. The van der Waals surface area contributed by atoms with Gasteiger partial charge in [0.15, 0.2) is 6.61 Å². The second kappa shape index (κ2) is 6.25. The molecule has 0 aromatic heterocycles. The van der Waals surface area contributed by atoms with Gasteiger partial charge in [0.25, 0.3) is 5.91 Å². The number of halogens is 1. The summed E-state index contributed by atoms with van der Waals surface area (Å²) in [6.45, 7) is -0.390. The highest BCUT2D eigenvalue weighted by atomic mass is 79.9. The van der Waals surface area contributed by atoms with Crippen LogP contribution in [-0.2, 0) is 14.3 Å². The fourth-order valence-corrected chi connectivity index (χ4v) is 7.17. The van der Waals surface area contributed by atoms with E-state index < -0.39 is 11.9 Å². The molecule has 0 heterocycles. The smallest absolute Gasteiger partial charge is 0.321 e. The van der Waals surface area contributed by atoms with Crippen molar-refractivity contribution in [2.45, 2.75) is 68.2 Å². The summed E-state index contributed by atoms with van der Waals surface area (Å²) in [5, 5.41) is 4.86. The number of hydrogen-bond acceptors (Lipinski definition) is 4. The molecule has 2 N–H and O–H groups in total. The summed E-state index contributed by atoms with van der Waals surface area (Å²) in [5.41, 5.74) is 0.0322. The van der Waals surface area contributed by atoms with Gasteiger partial charge in [0.05, 0.1) is 6.42 Å². The minimum atomic E-state index is -0.575. The fraction of sp³-hybridized carbons (Fsp3) is 0.833. The Hall–Kier alpha value is -1.11. The summed E-state index contributed by atoms with van der Waals surface area (Å²) in [5.74, 6) is 0.524. The van der Waals surface area contributed by atoms with Gasteiger partial charge < -0.3 is 10.1 Å². The van der Waals surface area contributed by atoms with Crippen LogP contribution in [0.2, 0.25) is 0 Å². The number of imide groups is 1. The maximum Gasteiger partial charge on any atom is 0.321 e. The molecule has 25 heavy (non-hydrogen) atoms. The van der Waals surface area contributed by atoms with Crippen LogP contribution >= 0.6 is 15.9 Å². The third kappa shape index (κ3) is 4.01. The molecule has 3 amide bonds. The summed E-state index contributed by atoms with van der Waals surface area (Å²) >= 11 is 3.94. The molecular formula is C18H25BrN2O4. The Balaban J connectivity index is 1.25. The minimum absolute atomic E-state index is 0.0322. The highest BCUT2D eigenvalue weighted by Crippen LogP contribution is 2.65. The van der Waals surface area contributed by atoms with Gasteiger partial charge >= 0.3 is 12.0 Å². The Bertz CT molecular complexity index is 590. The summed E-state index contributed by atoms with van der Waals surface area (Å²) < 4.78 is 5.35. The predicted octanol–water partition coefficient (Wildman–Crippen LogP) is 2.64. The minimum Gasteiger partial charge on any atom is -0.456 e. The first-order valence-electron chi connectivity index (χ1n) is 9.28. The molecule has 0 aliphatic heterocycles. The molecule has 4 bridgehead atoms. The molecule has 5 saturated carbocycles. The summed E-state index contributed by atoms with van der Waals surface area (Å²) in [7, 11) is 0. The van der Waals surface area contributed by atoms with Crippen molar-refractivity contribution in [3.05, 3.63) is 0 Å². The van der Waals surface area contributed by atoms with Crippen LogP contribution in [-0.4, -0.2) is 34.9 Å². The Morgan fingerprint density at radius 2 is 1.76 bits per heavy atom. The van der Waals surface area contributed by atoms with Gasteiger partial charge in [-0.25, -0.2) is 4.79 Å². The monoisotopic (exact) mass is 412 g/mol. The number of ether oxygens (including phenoxy) is 1. The maximum absolute atomic E-state index is 12.3. The molecular weight excluding hydrogens is 388 g/mol. The number of alkyl halides is 1. The molecule has 2 unspecified atom stereocenters. The number of esters is 1. The van der Waals surface area contributed by atoms with Crippen molar-refractivity contribution in [3.63, 3.8) is 0 Å². The van der Waals surface area contributed by atoms with Gasteiger partial charge in [0, 0.05) is 10.4 Å². The van der Waals surface area contributed by atoms with E-state index in [2.05, 4.69) is 26.6 Å². The first kappa shape index (κ1) is 17.3. The summed E-state index contributed by atoms with van der Waals surface area (Å²) in [6.07, 6.45) is 9.25. The van der Waals surface area contributed by atoms with E-state index in [1.54, 1.807) is 0 Å². The van der Waals surface area contributed by atoms with E-state index >= 15 is 0 Å². The van der Waals surface area contributed by atoms with Crippen LogP contribution in [0, 0.1) is 17.3 Å². The number of hydrogen-bond donors (Lipinski definition) is 2. The van der Waals surface area contributed by atoms with E-state index in [9.17, 15) is 14.4 Å². The lowest BCUT2D eigenvalue weighted by atomic mass is 9.49. The van der Waals surface area contributed by atoms with Gasteiger partial charge in [-0.05, 0) is 68.6 Å². The van der Waals surface area contributed by atoms with Crippen LogP contribution in [0.15, 0.2) is 0 Å². The van der Waals surface area contributed by atoms with Crippen LogP contribution in [0.5, 0.6) is 0 Å². The molecule has 0 aromatic rings. The molecule has 5 rings (SSSR count). The average molecular weight is 413 g/mol. The lowest BCUT2D eigenvalue weighted by Gasteiger charge is -2.60. The van der Waals surface area contributed by atoms with E-state index in [1.165, 1.54) is 19.3 Å². The van der Waals surface area contributed by atoms with Crippen molar-refractivity contribution in [1.29, 1.82) is 0 Å². The molecule has 0 spiro atoms. The molecule has 5 fully saturated rings. The number of amides is 3. The van der Waals surface area contributed by atoms with Gasteiger partial charge in [-0.2, -0.15) is 0 Å². The summed E-state index contributed by atoms with van der Waals surface area (Å²) in [6, 6.07) is -0.325. The third-order valence-electron chi connectivity index (χ3n) is 6.16. The van der Waals surface area contributed by atoms with Crippen molar-refractivity contribution < 1.29 is 19.1 Å². The molecule has 7 heteroatoms. The third-order valence-corrected chi connectivity index (χ3v) is 7.09. The second-order valence-corrected chi connectivity index (χ2v) is 10.4. The first-order chi connectivity index (χ1) is 11.8. The largest absolute Gasteiger partial charge is 0.456 e. The Kier molecular flexibility index (Phi) is 4.33. The Morgan fingerprint density at radius 1 is 1.08 bits per heavy atom. The Morgan fingerprint density at radius 3 is 2.36 bits per heavy atom. The van der Waals surface area contributed by atoms with E-state index in [4.69, 9.17) is 4.74 Å². The highest BCUT2D eigenvalue weighted by Gasteiger charge is 2.57. The lowest BCUT2D eigenvalue weighted by Crippen LogP contribution is -2.53. The molecule has 6 nitrogen and oxygen atoms in total. The predicted molar refractivity (Wildman–Crippen MR) is 94.0 cm³/mol. The van der Waals surface area contributed by atoms with E-state index in [0.29, 0.717) is 18.3 Å². The van der Waals surface area contributed by atoms with E-state index in [-0.39, 0.29) is 28.4 Å². The Labute approximate surface area is 155 Å². The van der Waals surface area contributed by atoms with Crippen LogP contribution in [0.4, 0.5) is 4.79 Å². The molecule has 5 aliphatic carbocycles. The second-order valence-electron chi connectivity index (χ2n) is 8.75. The SMILES string of the molecule is O=C(COC(=O)CC12C[C@@H]3C[C@@H](CC(Br)(C3)C1)C2)NC(=O)NC1CC1. The normalized spacial score (nSPS) is 38.3. The number of nitrogens with one attached hydrogen (secondary N) is 2. The molecule has 138 valence electrons. The zero-order valence-corrected chi connectivity index (χ0v) is 15.9. The first-order valence-corrected chi connectivity index (χ1v) is 10.1. The number of carbonyl (C=O) groups is 3. The van der Waals surface area contributed by atoms with Crippen LogP contribution in [0.25, 0.3) is 0 Å². The molecule has 0 saturated heterocycles. The fourth-order valence-electron chi connectivity index (χ4n) is 5.66. The molecule has 5 aliphatic rings. The van der Waals surface area contributed by atoms with Crippen molar-refractivity contribution in [1.82, 2.24) is 10.6 Å². The lowest BCUT2D eigenvalue weighted by molar-refractivity contribution is -0.154. The highest BCUT2D eigenvalue weighted by molar-refractivity contribution is 9.10. The molecule has 0 radical (unpaired) electrons. The zero-order chi connectivity index (χ0) is 17.7. The number of rotatable bonds is 5. The molecule has 4 atom stereocenters. The van der Waals surface area contributed by atoms with Gasteiger partial charge in [0.1, 0.15) is 0 Å². The van der Waals surface area contributed by atoms with Gasteiger partial charge in [0.2, 0.25) is 0 Å². The topological polar surface area (TPSA) is 84.5 Å². The van der Waals surface area contributed by atoms with Crippen LogP contribution in [0.3, 0.4) is 0 Å². The van der Waals surface area contributed by atoms with Crippen molar-refractivity contribution in [2.75, 3.05) is 6.61 Å². The van der Waals surface area contributed by atoms with E-state index in [1.807, 2.05) is 0 Å². The van der Waals surface area contributed by atoms with Crippen molar-refractivity contribution in [3.8, 4) is 0 Å². The number of carbonyl (C=O) groups excluding carboxylic acids is 3. The zero-order valence-electron chi connectivity index (χ0n) is 14.3. The van der Waals surface area contributed by atoms with Gasteiger partial charge in [-0.1, -0.05) is 15.9 Å². The standard InChI is InChI=1S/C18H25BrN2O4/c19-18-6-11-3-12(7-18)5-17(4-11,10-18)8-15(23)25-9-14(22)21-16(24)20-13-1-2-13/h11-13H,1-10H2,(H2,20,21,22,24)/t11-,12+,17?,18?. The average Bonchev–Trinajstić information content (AvgIpc) is 3.25. The van der Waals surface area contributed by atoms with Crippen LogP contribution < -0.4 is 10.6 Å². The summed E-state index contributed by atoms with van der Waals surface area (Å²) in [4.78, 5) is 35.5. The maximum atomic E-state index is 12.3. The quantitative estimate of drug-likeness (QED) is 0.536. The van der Waals surface area contributed by atoms with Gasteiger partial charge in [-0.15, -0.1) is 0 Å². The van der Waals surface area contributed by atoms with Crippen molar-refractivity contribution >= 4 is 33.8 Å². The van der Waals surface area contributed by atoms with Crippen LogP contribution in [0.1, 0.15) is 57.8 Å². The van der Waals surface area contributed by atoms with E-state index in [0.717, 1.165) is 32.1 Å². The van der Waals surface area contributed by atoms with Crippen molar-refractivity contribution in [2.24, 2.45) is 17.3 Å².